The standard InChI is InChI=1S/C26H22N8O2S/c1-32(2)26-28-11-14-13-33(8-9-34(14)26)25-29-17-6-4-3-5-15(17)21(30-25)20-19(23(35)31-24(20)36)16-12-27-18-7-10-37-22(16)18/h3-7,10-12,27H,8-9,13H2,1-2H3,(H,31,35,36). The molecular formula is C26H22N8O2S. The maximum Gasteiger partial charge on any atom is 0.261 e. The van der Waals surface area contributed by atoms with Gasteiger partial charge in [0.2, 0.25) is 11.9 Å². The lowest BCUT2D eigenvalue weighted by molar-refractivity contribution is -0.122. The zero-order chi connectivity index (χ0) is 25.3. The number of amides is 2. The second kappa shape index (κ2) is 8.00. The van der Waals surface area contributed by atoms with Crippen LogP contribution >= 0.6 is 11.3 Å². The molecule has 0 atom stereocenters. The third kappa shape index (κ3) is 3.27. The van der Waals surface area contributed by atoms with Gasteiger partial charge in [-0.05, 0) is 17.5 Å². The molecule has 0 saturated heterocycles. The van der Waals surface area contributed by atoms with Crippen molar-refractivity contribution in [2.45, 2.75) is 13.1 Å². The first-order valence-corrected chi connectivity index (χ1v) is 12.8. The van der Waals surface area contributed by atoms with Crippen LogP contribution in [0, 0.1) is 0 Å². The van der Waals surface area contributed by atoms with Gasteiger partial charge >= 0.3 is 0 Å². The van der Waals surface area contributed by atoms with Gasteiger partial charge in [-0.3, -0.25) is 14.9 Å². The molecule has 0 radical (unpaired) electrons. The summed E-state index contributed by atoms with van der Waals surface area (Å²) in [6.45, 7) is 2.01. The number of aromatic amines is 1. The molecule has 37 heavy (non-hydrogen) atoms. The molecule has 4 aromatic heterocycles. The molecule has 6 heterocycles. The van der Waals surface area contributed by atoms with Crippen LogP contribution in [0.3, 0.4) is 0 Å². The Kier molecular flexibility index (Phi) is 4.70. The topological polar surface area (TPSA) is 112 Å². The summed E-state index contributed by atoms with van der Waals surface area (Å²) in [7, 11) is 3.96. The summed E-state index contributed by atoms with van der Waals surface area (Å²) in [6, 6.07) is 9.56. The smallest absolute Gasteiger partial charge is 0.261 e. The molecule has 7 rings (SSSR count). The highest BCUT2D eigenvalue weighted by molar-refractivity contribution is 7.17. The number of hydrogen-bond acceptors (Lipinski definition) is 8. The third-order valence-corrected chi connectivity index (χ3v) is 7.80. The van der Waals surface area contributed by atoms with Gasteiger partial charge in [0.05, 0.1) is 51.0 Å². The highest BCUT2D eigenvalue weighted by Crippen LogP contribution is 2.38. The number of para-hydroxylation sites is 1. The molecule has 0 bridgehead atoms. The summed E-state index contributed by atoms with van der Waals surface area (Å²) in [5, 5.41) is 5.18. The number of nitrogens with one attached hydrogen (secondary N) is 2. The Hall–Kier alpha value is -4.51. The number of H-pyrrole nitrogens is 1. The Morgan fingerprint density at radius 3 is 2.73 bits per heavy atom. The minimum Gasteiger partial charge on any atom is -0.360 e. The van der Waals surface area contributed by atoms with Crippen LogP contribution in [0.1, 0.15) is 17.0 Å². The van der Waals surface area contributed by atoms with Crippen LogP contribution in [-0.4, -0.2) is 57.0 Å². The van der Waals surface area contributed by atoms with E-state index < -0.39 is 11.8 Å². The van der Waals surface area contributed by atoms with Crippen LogP contribution in [0.25, 0.3) is 32.3 Å². The van der Waals surface area contributed by atoms with E-state index in [0.717, 1.165) is 33.8 Å². The summed E-state index contributed by atoms with van der Waals surface area (Å²) in [5.41, 5.74) is 4.47. The van der Waals surface area contributed by atoms with Gasteiger partial charge in [0.15, 0.2) is 0 Å². The van der Waals surface area contributed by atoms with E-state index in [-0.39, 0.29) is 5.57 Å². The number of aromatic nitrogens is 5. The molecule has 0 fully saturated rings. The molecule has 2 aliphatic heterocycles. The summed E-state index contributed by atoms with van der Waals surface area (Å²) in [4.78, 5) is 48.0. The second-order valence-corrected chi connectivity index (χ2v) is 10.2. The predicted molar refractivity (Wildman–Crippen MR) is 143 cm³/mol. The molecule has 2 N–H and O–H groups in total. The van der Waals surface area contributed by atoms with Gasteiger partial charge in [0.1, 0.15) is 0 Å². The number of hydrogen-bond donors (Lipinski definition) is 2. The van der Waals surface area contributed by atoms with Crippen LogP contribution in [-0.2, 0) is 22.7 Å². The van der Waals surface area contributed by atoms with E-state index in [1.54, 1.807) is 6.20 Å². The number of thiophene rings is 1. The zero-order valence-electron chi connectivity index (χ0n) is 20.1. The van der Waals surface area contributed by atoms with Crippen molar-refractivity contribution in [3.8, 4) is 0 Å². The maximum absolute atomic E-state index is 13.2. The highest BCUT2D eigenvalue weighted by atomic mass is 32.1. The number of benzene rings is 1. The van der Waals surface area contributed by atoms with Gasteiger partial charge in [-0.2, -0.15) is 0 Å². The molecule has 184 valence electrons. The lowest BCUT2D eigenvalue weighted by Gasteiger charge is -2.30. The highest BCUT2D eigenvalue weighted by Gasteiger charge is 2.36. The number of carbonyl (C=O) groups excluding carboxylic acids is 2. The van der Waals surface area contributed by atoms with Gasteiger partial charge in [-0.25, -0.2) is 15.0 Å². The van der Waals surface area contributed by atoms with Gasteiger partial charge < -0.3 is 19.4 Å². The lowest BCUT2D eigenvalue weighted by Crippen LogP contribution is -2.35. The molecule has 5 aromatic rings. The molecule has 0 spiro atoms. The second-order valence-electron chi connectivity index (χ2n) is 9.31. The van der Waals surface area contributed by atoms with Crippen LogP contribution in [0.2, 0.25) is 0 Å². The Bertz CT molecular complexity index is 1780. The van der Waals surface area contributed by atoms with Crippen LogP contribution < -0.4 is 15.1 Å². The molecule has 0 aliphatic carbocycles. The SMILES string of the molecule is CN(C)c1ncc2n1CCN(c1nc(C3=C(c4c[nH]c5ccsc45)C(=O)NC3=O)c3ccccc3n1)C2. The molecule has 0 unspecified atom stereocenters. The van der Waals surface area contributed by atoms with Crippen molar-refractivity contribution in [3.63, 3.8) is 0 Å². The van der Waals surface area contributed by atoms with Crippen molar-refractivity contribution in [2.24, 2.45) is 0 Å². The van der Waals surface area contributed by atoms with E-state index in [0.29, 0.717) is 41.4 Å². The number of nitrogens with zero attached hydrogens (tertiary/aromatic N) is 6. The van der Waals surface area contributed by atoms with Crippen molar-refractivity contribution in [2.75, 3.05) is 30.4 Å². The van der Waals surface area contributed by atoms with Gasteiger partial charge in [-0.15, -0.1) is 11.3 Å². The Labute approximate surface area is 215 Å². The Morgan fingerprint density at radius 2 is 1.86 bits per heavy atom. The maximum atomic E-state index is 13.2. The fourth-order valence-electron chi connectivity index (χ4n) is 5.16. The van der Waals surface area contributed by atoms with Crippen molar-refractivity contribution in [1.82, 2.24) is 29.8 Å². The molecule has 11 heteroatoms. The number of imidazole rings is 1. The summed E-state index contributed by atoms with van der Waals surface area (Å²) < 4.78 is 3.12. The monoisotopic (exact) mass is 510 g/mol. The largest absolute Gasteiger partial charge is 0.360 e. The van der Waals surface area contributed by atoms with E-state index in [1.807, 2.05) is 60.9 Å². The lowest BCUT2D eigenvalue weighted by atomic mass is 9.99. The Morgan fingerprint density at radius 1 is 1.03 bits per heavy atom. The zero-order valence-corrected chi connectivity index (χ0v) is 21.0. The van der Waals surface area contributed by atoms with E-state index in [1.165, 1.54) is 11.3 Å². The van der Waals surface area contributed by atoms with E-state index in [9.17, 15) is 9.59 Å². The molecular weight excluding hydrogens is 488 g/mol. The van der Waals surface area contributed by atoms with Crippen LogP contribution in [0.4, 0.5) is 11.9 Å². The molecule has 10 nitrogen and oxygen atoms in total. The molecule has 1 aromatic carbocycles. The van der Waals surface area contributed by atoms with Gasteiger partial charge in [-0.1, -0.05) is 18.2 Å². The van der Waals surface area contributed by atoms with E-state index >= 15 is 0 Å². The fraction of sp³-hybridized carbons (Fsp3) is 0.192. The van der Waals surface area contributed by atoms with Gasteiger partial charge in [0.25, 0.3) is 11.8 Å². The summed E-state index contributed by atoms with van der Waals surface area (Å²) >= 11 is 1.53. The number of imide groups is 1. The number of anilines is 2. The van der Waals surface area contributed by atoms with Crippen LogP contribution in [0.5, 0.6) is 0 Å². The summed E-state index contributed by atoms with van der Waals surface area (Å²) in [5.74, 6) is 0.559. The predicted octanol–water partition coefficient (Wildman–Crippen LogP) is 3.02. The van der Waals surface area contributed by atoms with Gasteiger partial charge in [0, 0.05) is 44.3 Å². The van der Waals surface area contributed by atoms with Crippen molar-refractivity contribution >= 4 is 67.3 Å². The average molecular weight is 511 g/mol. The normalized spacial score (nSPS) is 15.7. The number of rotatable bonds is 4. The first-order chi connectivity index (χ1) is 18.0. The molecule has 2 aliphatic rings. The van der Waals surface area contributed by atoms with Crippen molar-refractivity contribution < 1.29 is 9.59 Å². The first kappa shape index (κ1) is 21.7. The summed E-state index contributed by atoms with van der Waals surface area (Å²) in [6.07, 6.45) is 3.67. The van der Waals surface area contributed by atoms with Crippen LogP contribution in [0.15, 0.2) is 48.1 Å². The van der Waals surface area contributed by atoms with Crippen molar-refractivity contribution in [1.29, 1.82) is 0 Å². The minimum atomic E-state index is -0.451. The van der Waals surface area contributed by atoms with E-state index in [4.69, 9.17) is 9.97 Å². The van der Waals surface area contributed by atoms with E-state index in [2.05, 4.69) is 24.8 Å². The fourth-order valence-corrected chi connectivity index (χ4v) is 6.04. The van der Waals surface area contributed by atoms with Crippen molar-refractivity contribution in [3.05, 3.63) is 65.1 Å². The minimum absolute atomic E-state index is 0.274. The Balaban J connectivity index is 1.41. The average Bonchev–Trinajstić information content (AvgIpc) is 3.66. The molecule has 2 amide bonds. The first-order valence-electron chi connectivity index (χ1n) is 11.9. The molecule has 0 saturated carbocycles. The quantitative estimate of drug-likeness (QED) is 0.358. The number of fused-ring (bicyclic) bond motifs is 3. The number of carbonyl (C=O) groups is 2. The third-order valence-electron chi connectivity index (χ3n) is 6.86.